The predicted molar refractivity (Wildman–Crippen MR) is 122 cm³/mol. The minimum absolute atomic E-state index is 0. The van der Waals surface area contributed by atoms with Crippen molar-refractivity contribution < 1.29 is 4.42 Å². The highest BCUT2D eigenvalue weighted by Gasteiger charge is 2.09. The molecule has 1 unspecified atom stereocenters. The van der Waals surface area contributed by atoms with Crippen LogP contribution in [0.1, 0.15) is 29.8 Å². The zero-order valence-corrected chi connectivity index (χ0v) is 18.7. The van der Waals surface area contributed by atoms with Crippen molar-refractivity contribution in [2.45, 2.75) is 26.2 Å². The van der Waals surface area contributed by atoms with Crippen LogP contribution in [0.3, 0.4) is 0 Å². The van der Waals surface area contributed by atoms with Crippen LogP contribution in [0, 0.1) is 6.92 Å². The normalized spacial score (nSPS) is 12.3. The molecule has 150 valence electrons. The van der Waals surface area contributed by atoms with E-state index in [2.05, 4.69) is 68.9 Å². The van der Waals surface area contributed by atoms with E-state index in [4.69, 9.17) is 4.42 Å². The maximum Gasteiger partial charge on any atom is 0.216 e. The van der Waals surface area contributed by atoms with Gasteiger partial charge in [-0.1, -0.05) is 36.8 Å². The molecule has 0 saturated heterocycles. The number of aromatic amines is 1. The van der Waals surface area contributed by atoms with E-state index in [-0.39, 0.29) is 24.0 Å². The summed E-state index contributed by atoms with van der Waals surface area (Å²) in [6, 6.07) is 12.3. The maximum absolute atomic E-state index is 5.30. The molecule has 0 amide bonds. The molecule has 2 aromatic heterocycles. The maximum atomic E-state index is 5.30. The number of hydrogen-bond acceptors (Lipinski definition) is 4. The summed E-state index contributed by atoms with van der Waals surface area (Å²) in [5.41, 5.74) is 2.60. The fraction of sp³-hybridized carbons (Fsp3) is 0.350. The Hall–Kier alpha value is -2.36. The lowest BCUT2D eigenvalue weighted by atomic mass is 9.99. The van der Waals surface area contributed by atoms with Crippen LogP contribution in [-0.2, 0) is 6.42 Å². The zero-order valence-electron chi connectivity index (χ0n) is 16.4. The van der Waals surface area contributed by atoms with E-state index in [1.165, 1.54) is 11.1 Å². The molecule has 7 nitrogen and oxygen atoms in total. The molecule has 1 atom stereocenters. The summed E-state index contributed by atoms with van der Waals surface area (Å²) in [5.74, 6) is 3.21. The van der Waals surface area contributed by atoms with Gasteiger partial charge in [-0.2, -0.15) is 5.10 Å². The smallest absolute Gasteiger partial charge is 0.216 e. The lowest BCUT2D eigenvalue weighted by molar-refractivity contribution is 0.577. The Kier molecular flexibility index (Phi) is 8.49. The van der Waals surface area contributed by atoms with Gasteiger partial charge in [0.2, 0.25) is 5.82 Å². The lowest BCUT2D eigenvalue weighted by Crippen LogP contribution is -2.40. The molecule has 2 heterocycles. The number of guanidine groups is 1. The van der Waals surface area contributed by atoms with Gasteiger partial charge in [0.25, 0.3) is 0 Å². The third kappa shape index (κ3) is 6.08. The molecule has 0 aliphatic heterocycles. The molecule has 0 saturated carbocycles. The molecule has 28 heavy (non-hydrogen) atoms. The third-order valence-corrected chi connectivity index (χ3v) is 4.34. The average Bonchev–Trinajstić information content (AvgIpc) is 3.35. The standard InChI is InChI=1S/C20H26N6O.HI/c1-14-6-4-7-16(12-14)15(2)13-23-20(21-3)22-10-9-18-24-19(26-25-18)17-8-5-11-27-17;/h4-8,11-12,15H,9-10,13H2,1-3H3,(H2,21,22,23)(H,24,25,26);1H. The van der Waals surface area contributed by atoms with E-state index in [0.29, 0.717) is 30.5 Å². The molecular formula is C20H27IN6O. The molecule has 3 N–H and O–H groups in total. The first-order chi connectivity index (χ1) is 13.2. The zero-order chi connectivity index (χ0) is 19.1. The van der Waals surface area contributed by atoms with E-state index < -0.39 is 0 Å². The molecule has 3 aromatic rings. The fourth-order valence-electron chi connectivity index (χ4n) is 2.79. The van der Waals surface area contributed by atoms with Gasteiger partial charge in [-0.25, -0.2) is 4.98 Å². The Morgan fingerprint density at radius 1 is 1.25 bits per heavy atom. The van der Waals surface area contributed by atoms with Crippen LogP contribution in [0.25, 0.3) is 11.6 Å². The van der Waals surface area contributed by atoms with Crippen LogP contribution >= 0.6 is 24.0 Å². The van der Waals surface area contributed by atoms with Crippen molar-refractivity contribution >= 4 is 29.9 Å². The van der Waals surface area contributed by atoms with E-state index in [1.807, 2.05) is 12.1 Å². The number of benzene rings is 1. The number of aryl methyl sites for hydroxylation is 1. The van der Waals surface area contributed by atoms with Crippen LogP contribution in [0.4, 0.5) is 0 Å². The number of rotatable bonds is 7. The second kappa shape index (κ2) is 10.8. The SMILES string of the molecule is CN=C(NCCc1nc(-c2ccco2)n[nH]1)NCC(C)c1cccc(C)c1.I. The fourth-order valence-corrected chi connectivity index (χ4v) is 2.79. The highest BCUT2D eigenvalue weighted by molar-refractivity contribution is 14.0. The molecule has 3 rings (SSSR count). The van der Waals surface area contributed by atoms with E-state index >= 15 is 0 Å². The monoisotopic (exact) mass is 494 g/mol. The molecule has 0 spiro atoms. The Morgan fingerprint density at radius 3 is 2.82 bits per heavy atom. The van der Waals surface area contributed by atoms with Crippen LogP contribution in [0.15, 0.2) is 52.1 Å². The first-order valence-electron chi connectivity index (χ1n) is 9.12. The van der Waals surface area contributed by atoms with Crippen LogP contribution in [0.2, 0.25) is 0 Å². The van der Waals surface area contributed by atoms with Crippen LogP contribution < -0.4 is 10.6 Å². The number of halogens is 1. The van der Waals surface area contributed by atoms with Crippen molar-refractivity contribution in [3.05, 3.63) is 59.6 Å². The van der Waals surface area contributed by atoms with Gasteiger partial charge in [0.15, 0.2) is 11.7 Å². The van der Waals surface area contributed by atoms with Gasteiger partial charge in [0.05, 0.1) is 6.26 Å². The average molecular weight is 494 g/mol. The summed E-state index contributed by atoms with van der Waals surface area (Å²) in [5, 5.41) is 13.8. The largest absolute Gasteiger partial charge is 0.461 e. The number of nitrogens with zero attached hydrogens (tertiary/aromatic N) is 3. The van der Waals surface area contributed by atoms with E-state index in [9.17, 15) is 0 Å². The van der Waals surface area contributed by atoms with Crippen LogP contribution in [-0.4, -0.2) is 41.3 Å². The second-order valence-electron chi connectivity index (χ2n) is 6.53. The van der Waals surface area contributed by atoms with Gasteiger partial charge < -0.3 is 15.1 Å². The summed E-state index contributed by atoms with van der Waals surface area (Å²) in [7, 11) is 1.77. The van der Waals surface area contributed by atoms with Gasteiger partial charge in [-0.05, 0) is 30.5 Å². The van der Waals surface area contributed by atoms with Crippen molar-refractivity contribution in [1.29, 1.82) is 0 Å². The predicted octanol–water partition coefficient (Wildman–Crippen LogP) is 3.50. The van der Waals surface area contributed by atoms with Gasteiger partial charge >= 0.3 is 0 Å². The molecule has 0 aliphatic carbocycles. The number of hydrogen-bond donors (Lipinski definition) is 3. The summed E-state index contributed by atoms with van der Waals surface area (Å²) >= 11 is 0. The third-order valence-electron chi connectivity index (χ3n) is 4.34. The highest BCUT2D eigenvalue weighted by atomic mass is 127. The van der Waals surface area contributed by atoms with Gasteiger partial charge in [0, 0.05) is 26.6 Å². The van der Waals surface area contributed by atoms with Crippen molar-refractivity contribution in [3.63, 3.8) is 0 Å². The molecule has 0 aliphatic rings. The summed E-state index contributed by atoms with van der Waals surface area (Å²) in [4.78, 5) is 8.72. The molecule has 0 bridgehead atoms. The van der Waals surface area contributed by atoms with Crippen molar-refractivity contribution in [3.8, 4) is 11.6 Å². The van der Waals surface area contributed by atoms with Gasteiger partial charge in [0.1, 0.15) is 5.82 Å². The highest BCUT2D eigenvalue weighted by Crippen LogP contribution is 2.15. The van der Waals surface area contributed by atoms with E-state index in [0.717, 1.165) is 18.3 Å². The number of H-pyrrole nitrogens is 1. The molecule has 8 heteroatoms. The Labute approximate surface area is 182 Å². The molecule has 0 fully saturated rings. The number of aromatic nitrogens is 3. The Morgan fingerprint density at radius 2 is 2.11 bits per heavy atom. The minimum atomic E-state index is 0. The van der Waals surface area contributed by atoms with Crippen molar-refractivity contribution in [1.82, 2.24) is 25.8 Å². The Balaban J connectivity index is 0.00000280. The number of aliphatic imine (C=N–C) groups is 1. The van der Waals surface area contributed by atoms with E-state index in [1.54, 1.807) is 13.3 Å². The molecular weight excluding hydrogens is 467 g/mol. The summed E-state index contributed by atoms with van der Waals surface area (Å²) in [6.45, 7) is 5.84. The first kappa shape index (κ1) is 21.9. The summed E-state index contributed by atoms with van der Waals surface area (Å²) in [6.07, 6.45) is 2.32. The summed E-state index contributed by atoms with van der Waals surface area (Å²) < 4.78 is 5.30. The first-order valence-corrected chi connectivity index (χ1v) is 9.12. The number of furan rings is 1. The quantitative estimate of drug-likeness (QED) is 0.266. The molecule has 1 aromatic carbocycles. The minimum Gasteiger partial charge on any atom is -0.461 e. The topological polar surface area (TPSA) is 91.1 Å². The van der Waals surface area contributed by atoms with Crippen molar-refractivity contribution in [2.75, 3.05) is 20.1 Å². The molecule has 0 radical (unpaired) electrons. The number of nitrogens with one attached hydrogen (secondary N) is 3. The lowest BCUT2D eigenvalue weighted by Gasteiger charge is -2.16. The van der Waals surface area contributed by atoms with Crippen molar-refractivity contribution in [2.24, 2.45) is 4.99 Å². The Bertz CT molecular complexity index is 874. The second-order valence-corrected chi connectivity index (χ2v) is 6.53. The van der Waals surface area contributed by atoms with Gasteiger partial charge in [-0.3, -0.25) is 10.1 Å². The van der Waals surface area contributed by atoms with Crippen LogP contribution in [0.5, 0.6) is 0 Å². The van der Waals surface area contributed by atoms with Gasteiger partial charge in [-0.15, -0.1) is 24.0 Å².